The number of fused-ring (bicyclic) bond motifs is 1. The van der Waals surface area contributed by atoms with Gasteiger partial charge in [0.1, 0.15) is 12.1 Å². The van der Waals surface area contributed by atoms with Gasteiger partial charge in [-0.2, -0.15) is 0 Å². The lowest BCUT2D eigenvalue weighted by Gasteiger charge is -2.27. The Kier molecular flexibility index (Phi) is 4.20. The van der Waals surface area contributed by atoms with Crippen molar-refractivity contribution in [1.82, 2.24) is 19.8 Å². The number of nitrogens with zero attached hydrogens (tertiary/aromatic N) is 3. The predicted octanol–water partition coefficient (Wildman–Crippen LogP) is 0.829. The summed E-state index contributed by atoms with van der Waals surface area (Å²) in [6.45, 7) is 6.44. The molecular weight excluding hydrogens is 272 g/mol. The van der Waals surface area contributed by atoms with E-state index in [1.807, 2.05) is 11.6 Å². The average Bonchev–Trinajstić information content (AvgIpc) is 2.75. The maximum atomic E-state index is 12.1. The molecule has 7 heteroatoms. The Balaban J connectivity index is 1.85. The van der Waals surface area contributed by atoms with Gasteiger partial charge in [-0.05, 0) is 20.8 Å². The van der Waals surface area contributed by atoms with Gasteiger partial charge in [0.15, 0.2) is 0 Å². The topological polar surface area (TPSA) is 76.5 Å². The molecule has 0 aliphatic carbocycles. The highest BCUT2D eigenvalue weighted by Crippen LogP contribution is 2.16. The van der Waals surface area contributed by atoms with Crippen LogP contribution >= 0.6 is 0 Å². The molecule has 1 aromatic rings. The monoisotopic (exact) mass is 294 g/mol. The smallest absolute Gasteiger partial charge is 0.408 e. The van der Waals surface area contributed by atoms with Gasteiger partial charge in [0.2, 0.25) is 5.91 Å². The second kappa shape index (κ2) is 5.75. The molecule has 1 aliphatic heterocycles. The lowest BCUT2D eigenvalue weighted by molar-refractivity contribution is -0.131. The number of amides is 2. The standard InChI is InChI=1S/C14H22N4O3/c1-14(2,3)21-13(20)15-7-12(19)18-6-5-10-11(8-18)17(4)9-16-10/h9H,5-8H2,1-4H3,(H,15,20). The summed E-state index contributed by atoms with van der Waals surface area (Å²) in [5, 5.41) is 2.49. The van der Waals surface area contributed by atoms with Crippen molar-refractivity contribution in [3.05, 3.63) is 17.7 Å². The minimum Gasteiger partial charge on any atom is -0.444 e. The molecule has 0 bridgehead atoms. The normalized spacial score (nSPS) is 14.6. The van der Waals surface area contributed by atoms with Gasteiger partial charge in [-0.15, -0.1) is 0 Å². The number of nitrogens with one attached hydrogen (secondary N) is 1. The molecule has 0 aromatic carbocycles. The number of hydrogen-bond donors (Lipinski definition) is 1. The van der Waals surface area contributed by atoms with Crippen LogP contribution in [0.25, 0.3) is 0 Å². The fourth-order valence-corrected chi connectivity index (χ4v) is 2.20. The van der Waals surface area contributed by atoms with Gasteiger partial charge in [-0.3, -0.25) is 4.79 Å². The number of ether oxygens (including phenoxy) is 1. The minimum absolute atomic E-state index is 0.0535. The summed E-state index contributed by atoms with van der Waals surface area (Å²) in [6.07, 6.45) is 1.93. The summed E-state index contributed by atoms with van der Waals surface area (Å²) in [7, 11) is 1.92. The molecule has 0 atom stereocenters. The second-order valence-electron chi connectivity index (χ2n) is 6.17. The number of aromatic nitrogens is 2. The van der Waals surface area contributed by atoms with Gasteiger partial charge < -0.3 is 19.5 Å². The van der Waals surface area contributed by atoms with Crippen molar-refractivity contribution >= 4 is 12.0 Å². The van der Waals surface area contributed by atoms with E-state index in [0.717, 1.165) is 17.8 Å². The summed E-state index contributed by atoms with van der Waals surface area (Å²) in [5.74, 6) is -0.118. The summed E-state index contributed by atoms with van der Waals surface area (Å²) < 4.78 is 7.03. The molecule has 1 aliphatic rings. The minimum atomic E-state index is -0.575. The number of alkyl carbamates (subject to hydrolysis) is 1. The van der Waals surface area contributed by atoms with E-state index in [0.29, 0.717) is 13.1 Å². The van der Waals surface area contributed by atoms with E-state index in [9.17, 15) is 9.59 Å². The van der Waals surface area contributed by atoms with Crippen molar-refractivity contribution in [3.63, 3.8) is 0 Å². The van der Waals surface area contributed by atoms with Gasteiger partial charge in [-0.25, -0.2) is 9.78 Å². The summed E-state index contributed by atoms with van der Waals surface area (Å²) in [5.41, 5.74) is 1.52. The van der Waals surface area contributed by atoms with E-state index in [2.05, 4.69) is 10.3 Å². The SMILES string of the molecule is Cn1cnc2c1CN(C(=O)CNC(=O)OC(C)(C)C)CC2. The van der Waals surface area contributed by atoms with Crippen LogP contribution in [0.3, 0.4) is 0 Å². The highest BCUT2D eigenvalue weighted by molar-refractivity contribution is 5.82. The van der Waals surface area contributed by atoms with Crippen LogP contribution in [0.1, 0.15) is 32.2 Å². The molecule has 2 heterocycles. The number of carbonyl (C=O) groups is 2. The van der Waals surface area contributed by atoms with Crippen LogP contribution in [0.4, 0.5) is 4.79 Å². The molecule has 21 heavy (non-hydrogen) atoms. The molecule has 0 saturated heterocycles. The van der Waals surface area contributed by atoms with Crippen LogP contribution in [0.2, 0.25) is 0 Å². The van der Waals surface area contributed by atoms with Crippen LogP contribution in [0, 0.1) is 0 Å². The third-order valence-corrected chi connectivity index (χ3v) is 3.24. The quantitative estimate of drug-likeness (QED) is 0.876. The Labute approximate surface area is 124 Å². The molecule has 7 nitrogen and oxygen atoms in total. The molecule has 116 valence electrons. The highest BCUT2D eigenvalue weighted by Gasteiger charge is 2.24. The van der Waals surface area contributed by atoms with Gasteiger partial charge in [0, 0.05) is 20.0 Å². The van der Waals surface area contributed by atoms with Crippen molar-refractivity contribution < 1.29 is 14.3 Å². The van der Waals surface area contributed by atoms with Crippen LogP contribution in [-0.4, -0.2) is 45.1 Å². The lowest BCUT2D eigenvalue weighted by Crippen LogP contribution is -2.44. The zero-order valence-electron chi connectivity index (χ0n) is 13.0. The van der Waals surface area contributed by atoms with Crippen molar-refractivity contribution in [2.24, 2.45) is 7.05 Å². The van der Waals surface area contributed by atoms with Gasteiger partial charge >= 0.3 is 6.09 Å². The average molecular weight is 294 g/mol. The lowest BCUT2D eigenvalue weighted by atomic mass is 10.1. The molecule has 2 amide bonds. The first-order chi connectivity index (χ1) is 9.76. The van der Waals surface area contributed by atoms with Crippen molar-refractivity contribution in [2.75, 3.05) is 13.1 Å². The van der Waals surface area contributed by atoms with Crippen LogP contribution < -0.4 is 5.32 Å². The summed E-state index contributed by atoms with van der Waals surface area (Å²) >= 11 is 0. The predicted molar refractivity (Wildman–Crippen MR) is 76.6 cm³/mol. The van der Waals surface area contributed by atoms with E-state index in [4.69, 9.17) is 4.74 Å². The van der Waals surface area contributed by atoms with Crippen LogP contribution in [0.15, 0.2) is 6.33 Å². The number of imidazole rings is 1. The maximum Gasteiger partial charge on any atom is 0.408 e. The molecule has 0 spiro atoms. The maximum absolute atomic E-state index is 12.1. The largest absolute Gasteiger partial charge is 0.444 e. The molecule has 0 radical (unpaired) electrons. The van der Waals surface area contributed by atoms with Gasteiger partial charge in [-0.1, -0.05) is 0 Å². The van der Waals surface area contributed by atoms with Crippen LogP contribution in [0.5, 0.6) is 0 Å². The Bertz CT molecular complexity index is 545. The van der Waals surface area contributed by atoms with Gasteiger partial charge in [0.25, 0.3) is 0 Å². The van der Waals surface area contributed by atoms with Crippen molar-refractivity contribution in [3.8, 4) is 0 Å². The molecule has 1 aromatic heterocycles. The first-order valence-electron chi connectivity index (χ1n) is 7.00. The molecular formula is C14H22N4O3. The van der Waals surface area contributed by atoms with E-state index in [-0.39, 0.29) is 12.5 Å². The molecule has 2 rings (SSSR count). The number of hydrogen-bond acceptors (Lipinski definition) is 4. The Morgan fingerprint density at radius 1 is 1.43 bits per heavy atom. The molecule has 0 fully saturated rings. The molecule has 1 N–H and O–H groups in total. The van der Waals surface area contributed by atoms with Crippen LogP contribution in [-0.2, 0) is 29.5 Å². The fourth-order valence-electron chi connectivity index (χ4n) is 2.20. The van der Waals surface area contributed by atoms with E-state index in [1.54, 1.807) is 32.0 Å². The number of aryl methyl sites for hydroxylation is 1. The van der Waals surface area contributed by atoms with Crippen molar-refractivity contribution in [1.29, 1.82) is 0 Å². The highest BCUT2D eigenvalue weighted by atomic mass is 16.6. The van der Waals surface area contributed by atoms with E-state index >= 15 is 0 Å². The molecule has 0 unspecified atom stereocenters. The molecule has 0 saturated carbocycles. The zero-order chi connectivity index (χ0) is 15.6. The van der Waals surface area contributed by atoms with E-state index < -0.39 is 11.7 Å². The third-order valence-electron chi connectivity index (χ3n) is 3.24. The Morgan fingerprint density at radius 3 is 2.81 bits per heavy atom. The second-order valence-corrected chi connectivity index (χ2v) is 6.17. The first-order valence-corrected chi connectivity index (χ1v) is 7.00. The zero-order valence-corrected chi connectivity index (χ0v) is 13.0. The number of carbonyl (C=O) groups excluding carboxylic acids is 2. The summed E-state index contributed by atoms with van der Waals surface area (Å²) in [4.78, 5) is 29.7. The fraction of sp³-hybridized carbons (Fsp3) is 0.643. The summed E-state index contributed by atoms with van der Waals surface area (Å²) in [6, 6.07) is 0. The van der Waals surface area contributed by atoms with Gasteiger partial charge in [0.05, 0.1) is 24.3 Å². The van der Waals surface area contributed by atoms with Crippen molar-refractivity contribution in [2.45, 2.75) is 39.3 Å². The Morgan fingerprint density at radius 2 is 2.14 bits per heavy atom. The van der Waals surface area contributed by atoms with E-state index in [1.165, 1.54) is 0 Å². The first kappa shape index (κ1) is 15.3. The Hall–Kier alpha value is -2.05. The number of rotatable bonds is 2. The third kappa shape index (κ3) is 3.96.